The van der Waals surface area contributed by atoms with Crippen LogP contribution in [0, 0.1) is 17.7 Å². The fourth-order valence-corrected chi connectivity index (χ4v) is 2.72. The van der Waals surface area contributed by atoms with Gasteiger partial charge in [-0.1, -0.05) is 13.8 Å². The molecule has 1 aliphatic rings. The van der Waals surface area contributed by atoms with E-state index in [0.717, 1.165) is 25.3 Å². The number of carboxylic acid groups (broad SMARTS) is 1. The van der Waals surface area contributed by atoms with E-state index in [9.17, 15) is 9.18 Å². The van der Waals surface area contributed by atoms with E-state index in [4.69, 9.17) is 5.11 Å². The fourth-order valence-electron chi connectivity index (χ4n) is 2.72. The van der Waals surface area contributed by atoms with Gasteiger partial charge in [-0.3, -0.25) is 0 Å². The Morgan fingerprint density at radius 3 is 2.68 bits per heavy atom. The number of hydrogen-bond acceptors (Lipinski definition) is 2. The van der Waals surface area contributed by atoms with Gasteiger partial charge in [0.25, 0.3) is 0 Å². The van der Waals surface area contributed by atoms with Crippen molar-refractivity contribution in [2.45, 2.75) is 39.2 Å². The minimum atomic E-state index is -1.10. The monoisotopic (exact) mass is 265 g/mol. The first kappa shape index (κ1) is 13.8. The van der Waals surface area contributed by atoms with Gasteiger partial charge in [0, 0.05) is 11.7 Å². The summed E-state index contributed by atoms with van der Waals surface area (Å²) in [5, 5.41) is 12.4. The van der Waals surface area contributed by atoms with Crippen LogP contribution < -0.4 is 5.32 Å². The van der Waals surface area contributed by atoms with Gasteiger partial charge in [-0.25, -0.2) is 9.18 Å². The summed E-state index contributed by atoms with van der Waals surface area (Å²) in [6, 6.07) is 4.15. The smallest absolute Gasteiger partial charge is 0.337 e. The van der Waals surface area contributed by atoms with Crippen molar-refractivity contribution in [1.82, 2.24) is 0 Å². The van der Waals surface area contributed by atoms with Crippen LogP contribution in [-0.4, -0.2) is 17.1 Å². The van der Waals surface area contributed by atoms with E-state index < -0.39 is 11.8 Å². The molecule has 0 radical (unpaired) electrons. The van der Waals surface area contributed by atoms with Crippen LogP contribution in [0.2, 0.25) is 0 Å². The van der Waals surface area contributed by atoms with Crippen LogP contribution in [-0.2, 0) is 0 Å². The maximum atomic E-state index is 13.1. The number of benzene rings is 1. The molecular formula is C15H20FNO2. The molecule has 1 aliphatic carbocycles. The Morgan fingerprint density at radius 2 is 2.05 bits per heavy atom. The Kier molecular flexibility index (Phi) is 4.08. The average Bonchev–Trinajstić information content (AvgIpc) is 2.36. The molecule has 0 aliphatic heterocycles. The minimum Gasteiger partial charge on any atom is -0.478 e. The highest BCUT2D eigenvalue weighted by molar-refractivity contribution is 5.94. The summed E-state index contributed by atoms with van der Waals surface area (Å²) < 4.78 is 13.1. The molecule has 0 bridgehead atoms. The second-order valence-corrected chi connectivity index (χ2v) is 5.60. The Hall–Kier alpha value is -1.58. The fraction of sp³-hybridized carbons (Fsp3) is 0.533. The van der Waals surface area contributed by atoms with Crippen molar-refractivity contribution in [2.75, 3.05) is 5.32 Å². The van der Waals surface area contributed by atoms with Crippen molar-refractivity contribution >= 4 is 11.7 Å². The first-order chi connectivity index (χ1) is 8.97. The van der Waals surface area contributed by atoms with Gasteiger partial charge in [0.15, 0.2) is 0 Å². The molecule has 0 aromatic heterocycles. The van der Waals surface area contributed by atoms with Crippen LogP contribution in [0.3, 0.4) is 0 Å². The van der Waals surface area contributed by atoms with E-state index in [2.05, 4.69) is 19.2 Å². The van der Waals surface area contributed by atoms with E-state index >= 15 is 0 Å². The first-order valence-electron chi connectivity index (χ1n) is 6.76. The largest absolute Gasteiger partial charge is 0.478 e. The van der Waals surface area contributed by atoms with Gasteiger partial charge in [0.1, 0.15) is 5.82 Å². The number of aromatic carboxylic acids is 1. The van der Waals surface area contributed by atoms with Crippen LogP contribution in [0.1, 0.15) is 43.5 Å². The molecule has 3 unspecified atom stereocenters. The molecule has 0 heterocycles. The Bertz CT molecular complexity index is 475. The third kappa shape index (κ3) is 3.25. The van der Waals surface area contributed by atoms with E-state index in [1.165, 1.54) is 12.1 Å². The van der Waals surface area contributed by atoms with Gasteiger partial charge in [0.05, 0.1) is 5.56 Å². The molecule has 3 nitrogen and oxygen atoms in total. The lowest BCUT2D eigenvalue weighted by Gasteiger charge is -2.33. The highest BCUT2D eigenvalue weighted by atomic mass is 19.1. The molecule has 1 saturated carbocycles. The van der Waals surface area contributed by atoms with Gasteiger partial charge < -0.3 is 10.4 Å². The van der Waals surface area contributed by atoms with Crippen LogP contribution in [0.4, 0.5) is 10.1 Å². The zero-order valence-electron chi connectivity index (χ0n) is 11.3. The predicted octanol–water partition coefficient (Wildman–Crippen LogP) is 3.76. The molecule has 0 saturated heterocycles. The number of anilines is 1. The lowest BCUT2D eigenvalue weighted by Crippen LogP contribution is -2.30. The van der Waals surface area contributed by atoms with Crippen LogP contribution in [0.15, 0.2) is 18.2 Å². The third-order valence-electron chi connectivity index (χ3n) is 4.17. The zero-order valence-corrected chi connectivity index (χ0v) is 11.3. The summed E-state index contributed by atoms with van der Waals surface area (Å²) in [7, 11) is 0. The summed E-state index contributed by atoms with van der Waals surface area (Å²) in [5.74, 6) is -0.280. The number of hydrogen-bond donors (Lipinski definition) is 2. The zero-order chi connectivity index (χ0) is 14.0. The summed E-state index contributed by atoms with van der Waals surface area (Å²) in [6.45, 7) is 4.47. The van der Waals surface area contributed by atoms with Crippen molar-refractivity contribution in [3.05, 3.63) is 29.6 Å². The molecule has 4 heteroatoms. The highest BCUT2D eigenvalue weighted by Gasteiger charge is 2.25. The maximum Gasteiger partial charge on any atom is 0.337 e. The van der Waals surface area contributed by atoms with Gasteiger partial charge in [-0.2, -0.15) is 0 Å². The molecule has 3 atom stereocenters. The number of halogens is 1. The Labute approximate surface area is 112 Å². The maximum absolute atomic E-state index is 13.1. The molecular weight excluding hydrogens is 245 g/mol. The molecule has 1 fully saturated rings. The van der Waals surface area contributed by atoms with Crippen LogP contribution in [0.25, 0.3) is 0 Å². The van der Waals surface area contributed by atoms with Crippen molar-refractivity contribution in [1.29, 1.82) is 0 Å². The molecule has 1 aromatic carbocycles. The van der Waals surface area contributed by atoms with Crippen molar-refractivity contribution in [3.63, 3.8) is 0 Å². The number of carbonyl (C=O) groups is 1. The highest BCUT2D eigenvalue weighted by Crippen LogP contribution is 2.31. The third-order valence-corrected chi connectivity index (χ3v) is 4.17. The quantitative estimate of drug-likeness (QED) is 0.874. The van der Waals surface area contributed by atoms with Gasteiger partial charge in [0.2, 0.25) is 0 Å². The molecule has 19 heavy (non-hydrogen) atoms. The van der Waals surface area contributed by atoms with Crippen molar-refractivity contribution < 1.29 is 14.3 Å². The van der Waals surface area contributed by atoms with Crippen molar-refractivity contribution in [3.8, 4) is 0 Å². The van der Waals surface area contributed by atoms with Crippen LogP contribution >= 0.6 is 0 Å². The SMILES string of the molecule is CC1CCC(Nc2ccc(F)cc2C(=O)O)CC1C. The summed E-state index contributed by atoms with van der Waals surface area (Å²) in [6.07, 6.45) is 3.20. The minimum absolute atomic E-state index is 0.00581. The predicted molar refractivity (Wildman–Crippen MR) is 72.9 cm³/mol. The summed E-state index contributed by atoms with van der Waals surface area (Å²) >= 11 is 0. The molecule has 2 rings (SSSR count). The van der Waals surface area contributed by atoms with Gasteiger partial charge in [-0.15, -0.1) is 0 Å². The second kappa shape index (κ2) is 5.59. The average molecular weight is 265 g/mol. The Morgan fingerprint density at radius 1 is 1.32 bits per heavy atom. The molecule has 104 valence electrons. The van der Waals surface area contributed by atoms with E-state index in [1.54, 1.807) is 0 Å². The lowest BCUT2D eigenvalue weighted by molar-refractivity contribution is 0.0697. The molecule has 0 spiro atoms. The van der Waals surface area contributed by atoms with E-state index in [1.807, 2.05) is 0 Å². The van der Waals surface area contributed by atoms with Gasteiger partial charge >= 0.3 is 5.97 Å². The molecule has 2 N–H and O–H groups in total. The summed E-state index contributed by atoms with van der Waals surface area (Å²) in [4.78, 5) is 11.1. The number of rotatable bonds is 3. The number of carboxylic acids is 1. The second-order valence-electron chi connectivity index (χ2n) is 5.60. The molecule has 0 amide bonds. The van der Waals surface area contributed by atoms with E-state index in [0.29, 0.717) is 17.5 Å². The normalized spacial score (nSPS) is 27.0. The first-order valence-corrected chi connectivity index (χ1v) is 6.76. The Balaban J connectivity index is 2.13. The van der Waals surface area contributed by atoms with Gasteiger partial charge in [-0.05, 0) is 49.3 Å². The topological polar surface area (TPSA) is 49.3 Å². The number of nitrogens with one attached hydrogen (secondary N) is 1. The standard InChI is InChI=1S/C15H20FNO2/c1-9-3-5-12(7-10(9)2)17-14-6-4-11(16)8-13(14)15(18)19/h4,6,8-10,12,17H,3,5,7H2,1-2H3,(H,18,19). The molecule has 1 aromatic rings. The lowest BCUT2D eigenvalue weighted by atomic mass is 9.79. The van der Waals surface area contributed by atoms with E-state index in [-0.39, 0.29) is 11.6 Å². The summed E-state index contributed by atoms with van der Waals surface area (Å²) in [5.41, 5.74) is 0.520. The van der Waals surface area contributed by atoms with Crippen LogP contribution in [0.5, 0.6) is 0 Å². The van der Waals surface area contributed by atoms with Crippen molar-refractivity contribution in [2.24, 2.45) is 11.8 Å².